The third-order valence-corrected chi connectivity index (χ3v) is 3.94. The van der Waals surface area contributed by atoms with E-state index in [0.717, 1.165) is 12.5 Å². The fraction of sp³-hybridized carbons (Fsp3) is 0.769. The molecule has 1 saturated carbocycles. The molecule has 2 atom stereocenters. The van der Waals surface area contributed by atoms with Crippen LogP contribution in [0.15, 0.2) is 0 Å². The maximum Gasteiger partial charge on any atom is 0.333 e. The van der Waals surface area contributed by atoms with Crippen LogP contribution in [0.5, 0.6) is 0 Å². The molecule has 1 heterocycles. The first kappa shape index (κ1) is 13.8. The van der Waals surface area contributed by atoms with E-state index in [1.54, 1.807) is 11.6 Å². The third kappa shape index (κ3) is 2.88. The number of nitro groups is 1. The highest BCUT2D eigenvalue weighted by Crippen LogP contribution is 2.32. The molecular weight excluding hydrogens is 244 g/mol. The van der Waals surface area contributed by atoms with Crippen LogP contribution >= 0.6 is 0 Å². The lowest BCUT2D eigenvalue weighted by Gasteiger charge is -2.12. The summed E-state index contributed by atoms with van der Waals surface area (Å²) in [5.74, 6) is 1.96. The average molecular weight is 266 g/mol. The summed E-state index contributed by atoms with van der Waals surface area (Å²) in [6.07, 6.45) is 3.68. The second-order valence-corrected chi connectivity index (χ2v) is 5.52. The normalized spacial score (nSPS) is 22.7. The predicted molar refractivity (Wildman–Crippen MR) is 74.3 cm³/mol. The topological polar surface area (TPSA) is 73.0 Å². The van der Waals surface area contributed by atoms with Crippen LogP contribution in [0.25, 0.3) is 0 Å². The minimum absolute atomic E-state index is 0.118. The van der Waals surface area contributed by atoms with Gasteiger partial charge in [0.1, 0.15) is 5.69 Å². The number of aromatic nitrogens is 2. The van der Waals surface area contributed by atoms with Crippen LogP contribution in [-0.4, -0.2) is 21.2 Å². The fourth-order valence-corrected chi connectivity index (χ4v) is 2.95. The molecule has 0 amide bonds. The molecule has 0 aromatic carbocycles. The lowest BCUT2D eigenvalue weighted by atomic mass is 10.1. The number of nitrogens with zero attached hydrogens (tertiary/aromatic N) is 3. The van der Waals surface area contributed by atoms with Crippen molar-refractivity contribution in [3.63, 3.8) is 0 Å². The van der Waals surface area contributed by atoms with Gasteiger partial charge in [-0.1, -0.05) is 13.3 Å². The van der Waals surface area contributed by atoms with Crippen molar-refractivity contribution in [2.24, 2.45) is 11.8 Å². The van der Waals surface area contributed by atoms with E-state index in [0.29, 0.717) is 24.0 Å². The number of nitrogens with one attached hydrogen (secondary N) is 1. The number of aryl methyl sites for hydroxylation is 2. The van der Waals surface area contributed by atoms with Gasteiger partial charge in [0.2, 0.25) is 5.82 Å². The fourth-order valence-electron chi connectivity index (χ4n) is 2.95. The van der Waals surface area contributed by atoms with Gasteiger partial charge in [0.25, 0.3) is 0 Å². The molecule has 0 aliphatic heterocycles. The van der Waals surface area contributed by atoms with Gasteiger partial charge < -0.3 is 5.32 Å². The Morgan fingerprint density at radius 3 is 2.79 bits per heavy atom. The number of hydrogen-bond donors (Lipinski definition) is 1. The SMILES string of the molecule is CCn1nc(C)c([N+](=O)[O-])c1NCC1CCC(C)C1. The van der Waals surface area contributed by atoms with Crippen molar-refractivity contribution in [1.29, 1.82) is 0 Å². The Morgan fingerprint density at radius 2 is 2.26 bits per heavy atom. The molecule has 1 aliphatic rings. The van der Waals surface area contributed by atoms with E-state index in [1.807, 2.05) is 6.92 Å². The molecule has 1 aromatic rings. The molecule has 6 heteroatoms. The van der Waals surface area contributed by atoms with Crippen molar-refractivity contribution < 1.29 is 4.92 Å². The van der Waals surface area contributed by atoms with Gasteiger partial charge in [0, 0.05) is 13.1 Å². The van der Waals surface area contributed by atoms with Crippen LogP contribution in [0, 0.1) is 28.9 Å². The summed E-state index contributed by atoms with van der Waals surface area (Å²) < 4.78 is 1.69. The van der Waals surface area contributed by atoms with Crippen LogP contribution in [0.1, 0.15) is 38.8 Å². The van der Waals surface area contributed by atoms with Gasteiger partial charge in [0.15, 0.2) is 0 Å². The van der Waals surface area contributed by atoms with E-state index in [2.05, 4.69) is 17.3 Å². The van der Waals surface area contributed by atoms with E-state index in [-0.39, 0.29) is 10.6 Å². The Morgan fingerprint density at radius 1 is 1.53 bits per heavy atom. The Bertz CT molecular complexity index is 469. The summed E-state index contributed by atoms with van der Waals surface area (Å²) in [7, 11) is 0. The predicted octanol–water partition coefficient (Wildman–Crippen LogP) is 2.97. The monoisotopic (exact) mass is 266 g/mol. The molecule has 0 radical (unpaired) electrons. The van der Waals surface area contributed by atoms with Gasteiger partial charge in [-0.15, -0.1) is 0 Å². The van der Waals surface area contributed by atoms with Crippen molar-refractivity contribution in [2.75, 3.05) is 11.9 Å². The molecule has 0 spiro atoms. The summed E-state index contributed by atoms with van der Waals surface area (Å²) in [6.45, 7) is 7.34. The molecule has 1 aromatic heterocycles. The highest BCUT2D eigenvalue weighted by Gasteiger charge is 2.27. The first-order chi connectivity index (χ1) is 9.02. The molecule has 0 saturated heterocycles. The van der Waals surface area contributed by atoms with Crippen LogP contribution in [0.2, 0.25) is 0 Å². The largest absolute Gasteiger partial charge is 0.364 e. The van der Waals surface area contributed by atoms with E-state index < -0.39 is 0 Å². The van der Waals surface area contributed by atoms with Gasteiger partial charge in [-0.3, -0.25) is 10.1 Å². The standard InChI is InChI=1S/C13H22N4O2/c1-4-16-13(12(17(18)19)10(3)15-16)14-8-11-6-5-9(2)7-11/h9,11,14H,4-8H2,1-3H3. The van der Waals surface area contributed by atoms with Gasteiger partial charge >= 0.3 is 5.69 Å². The second-order valence-electron chi connectivity index (χ2n) is 5.52. The molecule has 106 valence electrons. The van der Waals surface area contributed by atoms with E-state index in [4.69, 9.17) is 0 Å². The van der Waals surface area contributed by atoms with E-state index in [1.165, 1.54) is 19.3 Å². The van der Waals surface area contributed by atoms with Crippen molar-refractivity contribution >= 4 is 11.5 Å². The molecule has 19 heavy (non-hydrogen) atoms. The number of rotatable bonds is 5. The van der Waals surface area contributed by atoms with E-state index in [9.17, 15) is 10.1 Å². The molecule has 1 N–H and O–H groups in total. The van der Waals surface area contributed by atoms with Gasteiger partial charge in [-0.05, 0) is 38.5 Å². The van der Waals surface area contributed by atoms with Crippen molar-refractivity contribution in [2.45, 2.75) is 46.6 Å². The van der Waals surface area contributed by atoms with Crippen molar-refractivity contribution in [3.05, 3.63) is 15.8 Å². The molecule has 1 fully saturated rings. The average Bonchev–Trinajstić information content (AvgIpc) is 2.89. The van der Waals surface area contributed by atoms with Gasteiger partial charge in [-0.2, -0.15) is 5.10 Å². The Balaban J connectivity index is 2.12. The zero-order chi connectivity index (χ0) is 14.0. The van der Waals surface area contributed by atoms with Crippen LogP contribution in [0.4, 0.5) is 11.5 Å². The maximum absolute atomic E-state index is 11.1. The lowest BCUT2D eigenvalue weighted by molar-refractivity contribution is -0.384. The van der Waals surface area contributed by atoms with Gasteiger partial charge in [0.05, 0.1) is 4.92 Å². The lowest BCUT2D eigenvalue weighted by Crippen LogP contribution is -2.15. The summed E-state index contributed by atoms with van der Waals surface area (Å²) in [5, 5.41) is 18.6. The summed E-state index contributed by atoms with van der Waals surface area (Å²) >= 11 is 0. The summed E-state index contributed by atoms with van der Waals surface area (Å²) in [5.41, 5.74) is 0.599. The van der Waals surface area contributed by atoms with Crippen molar-refractivity contribution in [3.8, 4) is 0 Å². The smallest absolute Gasteiger partial charge is 0.333 e. The molecule has 2 unspecified atom stereocenters. The van der Waals surface area contributed by atoms with E-state index >= 15 is 0 Å². The Labute approximate surface area is 113 Å². The minimum Gasteiger partial charge on any atom is -0.364 e. The first-order valence-corrected chi connectivity index (χ1v) is 6.98. The van der Waals surface area contributed by atoms with Crippen LogP contribution in [-0.2, 0) is 6.54 Å². The molecule has 6 nitrogen and oxygen atoms in total. The zero-order valence-electron chi connectivity index (χ0n) is 11.8. The highest BCUT2D eigenvalue weighted by molar-refractivity contribution is 5.59. The van der Waals surface area contributed by atoms with Crippen LogP contribution in [0.3, 0.4) is 0 Å². The molecule has 0 bridgehead atoms. The van der Waals surface area contributed by atoms with Gasteiger partial charge in [-0.25, -0.2) is 4.68 Å². The summed E-state index contributed by atoms with van der Waals surface area (Å²) in [6, 6.07) is 0. The molecular formula is C13H22N4O2. The quantitative estimate of drug-likeness (QED) is 0.657. The molecule has 2 rings (SSSR count). The Kier molecular flexibility index (Phi) is 4.07. The zero-order valence-corrected chi connectivity index (χ0v) is 11.8. The summed E-state index contributed by atoms with van der Waals surface area (Å²) in [4.78, 5) is 10.8. The highest BCUT2D eigenvalue weighted by atomic mass is 16.6. The van der Waals surface area contributed by atoms with Crippen LogP contribution < -0.4 is 5.32 Å². The third-order valence-electron chi connectivity index (χ3n) is 3.94. The molecule has 1 aliphatic carbocycles. The number of anilines is 1. The maximum atomic E-state index is 11.1. The minimum atomic E-state index is -0.339. The Hall–Kier alpha value is -1.59. The first-order valence-electron chi connectivity index (χ1n) is 6.98. The second kappa shape index (κ2) is 5.59. The van der Waals surface area contributed by atoms with Crippen molar-refractivity contribution in [1.82, 2.24) is 9.78 Å². The number of hydrogen-bond acceptors (Lipinski definition) is 4.